The molecule has 1 aromatic rings. The van der Waals surface area contributed by atoms with E-state index in [9.17, 15) is 8.42 Å². The summed E-state index contributed by atoms with van der Waals surface area (Å²) in [5.74, 6) is 1.92. The molecule has 0 bridgehead atoms. The van der Waals surface area contributed by atoms with E-state index in [2.05, 4.69) is 20.6 Å². The van der Waals surface area contributed by atoms with Gasteiger partial charge >= 0.3 is 0 Å². The standard InChI is InChI=1S/C15H28N4O3S.HI/c1-7-16-14(17-8-9-23(20,21)15(4,5)6)18-10-13-19-11(2)12(3)22-13;/h7-10H2,1-6H3,(H2,16,17,18);1H. The zero-order valence-corrected chi connectivity index (χ0v) is 18.4. The van der Waals surface area contributed by atoms with Crippen molar-refractivity contribution in [1.82, 2.24) is 15.6 Å². The Balaban J connectivity index is 0.00000529. The van der Waals surface area contributed by atoms with Crippen molar-refractivity contribution in [3.8, 4) is 0 Å². The van der Waals surface area contributed by atoms with Gasteiger partial charge in [0.25, 0.3) is 0 Å². The third-order valence-corrected chi connectivity index (χ3v) is 5.99. The molecule has 0 spiro atoms. The Morgan fingerprint density at radius 3 is 2.33 bits per heavy atom. The smallest absolute Gasteiger partial charge is 0.216 e. The van der Waals surface area contributed by atoms with Crippen molar-refractivity contribution in [2.24, 2.45) is 4.99 Å². The highest BCUT2D eigenvalue weighted by atomic mass is 127. The molecule has 0 aromatic carbocycles. The Morgan fingerprint density at radius 1 is 1.25 bits per heavy atom. The first-order chi connectivity index (χ1) is 10.6. The molecule has 7 nitrogen and oxygen atoms in total. The molecule has 0 fully saturated rings. The van der Waals surface area contributed by atoms with Crippen molar-refractivity contribution in [2.45, 2.75) is 52.8 Å². The van der Waals surface area contributed by atoms with Crippen molar-refractivity contribution in [2.75, 3.05) is 18.8 Å². The Labute approximate surface area is 162 Å². The zero-order valence-electron chi connectivity index (χ0n) is 15.3. The number of sulfone groups is 1. The molecule has 140 valence electrons. The van der Waals surface area contributed by atoms with Crippen molar-refractivity contribution in [3.63, 3.8) is 0 Å². The first-order valence-corrected chi connectivity index (χ1v) is 9.39. The lowest BCUT2D eigenvalue weighted by molar-refractivity contribution is 0.473. The summed E-state index contributed by atoms with van der Waals surface area (Å²) in [4.78, 5) is 8.63. The number of nitrogens with one attached hydrogen (secondary N) is 2. The van der Waals surface area contributed by atoms with Gasteiger partial charge in [-0.2, -0.15) is 0 Å². The van der Waals surface area contributed by atoms with Crippen LogP contribution in [0.25, 0.3) is 0 Å². The van der Waals surface area contributed by atoms with Crippen LogP contribution in [0.15, 0.2) is 9.41 Å². The second kappa shape index (κ2) is 9.59. The number of hydrogen-bond acceptors (Lipinski definition) is 5. The van der Waals surface area contributed by atoms with Crippen LogP contribution in [0.5, 0.6) is 0 Å². The van der Waals surface area contributed by atoms with E-state index < -0.39 is 14.6 Å². The van der Waals surface area contributed by atoms with Crippen LogP contribution < -0.4 is 10.6 Å². The molecule has 9 heteroatoms. The third kappa shape index (κ3) is 6.96. The minimum Gasteiger partial charge on any atom is -0.444 e. The van der Waals surface area contributed by atoms with E-state index >= 15 is 0 Å². The lowest BCUT2D eigenvalue weighted by atomic mass is 10.3. The molecule has 0 atom stereocenters. The monoisotopic (exact) mass is 472 g/mol. The fraction of sp³-hybridized carbons (Fsp3) is 0.733. The quantitative estimate of drug-likeness (QED) is 0.374. The molecular formula is C15H29IN4O3S. The summed E-state index contributed by atoms with van der Waals surface area (Å²) < 4.78 is 28.9. The number of rotatable bonds is 6. The predicted octanol–water partition coefficient (Wildman–Crippen LogP) is 2.18. The molecule has 0 saturated carbocycles. The number of aromatic nitrogens is 1. The van der Waals surface area contributed by atoms with Gasteiger partial charge in [0.1, 0.15) is 12.3 Å². The normalized spacial score (nSPS) is 12.7. The minimum absolute atomic E-state index is 0. The highest BCUT2D eigenvalue weighted by molar-refractivity contribution is 14.0. The van der Waals surface area contributed by atoms with Gasteiger partial charge < -0.3 is 15.1 Å². The molecule has 0 aliphatic carbocycles. The summed E-state index contributed by atoms with van der Waals surface area (Å²) in [7, 11) is -3.15. The molecule has 0 amide bonds. The van der Waals surface area contributed by atoms with Crippen molar-refractivity contribution in [1.29, 1.82) is 0 Å². The molecule has 0 unspecified atom stereocenters. The van der Waals surface area contributed by atoms with Gasteiger partial charge in [-0.05, 0) is 41.5 Å². The van der Waals surface area contributed by atoms with E-state index in [4.69, 9.17) is 4.42 Å². The van der Waals surface area contributed by atoms with Crippen LogP contribution in [-0.2, 0) is 16.4 Å². The Hall–Kier alpha value is -0.840. The van der Waals surface area contributed by atoms with Crippen molar-refractivity contribution >= 4 is 39.8 Å². The third-order valence-electron chi connectivity index (χ3n) is 3.39. The van der Waals surface area contributed by atoms with Gasteiger partial charge in [-0.1, -0.05) is 0 Å². The van der Waals surface area contributed by atoms with E-state index in [1.54, 1.807) is 20.8 Å². The Morgan fingerprint density at radius 2 is 1.88 bits per heavy atom. The Bertz CT molecular complexity index is 629. The highest BCUT2D eigenvalue weighted by Gasteiger charge is 2.28. The van der Waals surface area contributed by atoms with Gasteiger partial charge in [0.05, 0.1) is 16.2 Å². The average Bonchev–Trinajstić information content (AvgIpc) is 2.73. The first-order valence-electron chi connectivity index (χ1n) is 7.74. The van der Waals surface area contributed by atoms with E-state index in [1.807, 2.05) is 20.8 Å². The van der Waals surface area contributed by atoms with Gasteiger partial charge in [-0.15, -0.1) is 24.0 Å². The van der Waals surface area contributed by atoms with Crippen molar-refractivity contribution < 1.29 is 12.8 Å². The lowest BCUT2D eigenvalue weighted by Crippen LogP contribution is -2.41. The van der Waals surface area contributed by atoms with Gasteiger partial charge in [0.15, 0.2) is 15.8 Å². The van der Waals surface area contributed by atoms with E-state index in [-0.39, 0.29) is 29.7 Å². The van der Waals surface area contributed by atoms with E-state index in [0.717, 1.165) is 11.5 Å². The topological polar surface area (TPSA) is 96.6 Å². The van der Waals surface area contributed by atoms with Gasteiger partial charge in [-0.25, -0.2) is 18.4 Å². The molecule has 0 radical (unpaired) electrons. The summed E-state index contributed by atoms with van der Waals surface area (Å²) in [6.07, 6.45) is 0. The van der Waals surface area contributed by atoms with E-state index in [0.29, 0.717) is 31.5 Å². The second-order valence-corrected chi connectivity index (χ2v) is 9.16. The van der Waals surface area contributed by atoms with Crippen LogP contribution in [0, 0.1) is 13.8 Å². The first kappa shape index (κ1) is 23.2. The number of nitrogens with zero attached hydrogens (tertiary/aromatic N) is 2. The van der Waals surface area contributed by atoms with Gasteiger partial charge in [0.2, 0.25) is 5.89 Å². The molecular weight excluding hydrogens is 443 g/mol. The predicted molar refractivity (Wildman–Crippen MR) is 108 cm³/mol. The highest BCUT2D eigenvalue weighted by Crippen LogP contribution is 2.15. The SMILES string of the molecule is CCNC(=NCc1nc(C)c(C)o1)NCCS(=O)(=O)C(C)(C)C.I. The van der Waals surface area contributed by atoms with Crippen molar-refractivity contribution in [3.05, 3.63) is 17.3 Å². The largest absolute Gasteiger partial charge is 0.444 e. The molecule has 2 N–H and O–H groups in total. The van der Waals surface area contributed by atoms with Crippen LogP contribution in [0.2, 0.25) is 0 Å². The zero-order chi connectivity index (χ0) is 17.7. The maximum absolute atomic E-state index is 12.1. The molecule has 0 saturated heterocycles. The van der Waals surface area contributed by atoms with Gasteiger partial charge in [0, 0.05) is 13.1 Å². The van der Waals surface area contributed by atoms with Crippen LogP contribution >= 0.6 is 24.0 Å². The number of oxazole rings is 1. The molecule has 0 aliphatic heterocycles. The number of halogens is 1. The molecule has 1 rings (SSSR count). The molecule has 24 heavy (non-hydrogen) atoms. The lowest BCUT2D eigenvalue weighted by Gasteiger charge is -2.19. The summed E-state index contributed by atoms with van der Waals surface area (Å²) in [5, 5.41) is 6.10. The van der Waals surface area contributed by atoms with Crippen LogP contribution in [-0.4, -0.2) is 43.0 Å². The average molecular weight is 472 g/mol. The summed E-state index contributed by atoms with van der Waals surface area (Å²) in [6.45, 7) is 12.1. The van der Waals surface area contributed by atoms with Crippen LogP contribution in [0.3, 0.4) is 0 Å². The number of aryl methyl sites for hydroxylation is 2. The number of guanidine groups is 1. The number of hydrogen-bond donors (Lipinski definition) is 2. The maximum atomic E-state index is 12.1. The molecule has 1 aromatic heterocycles. The molecule has 1 heterocycles. The molecule has 0 aliphatic rings. The minimum atomic E-state index is -3.15. The van der Waals surface area contributed by atoms with E-state index in [1.165, 1.54) is 0 Å². The summed E-state index contributed by atoms with van der Waals surface area (Å²) in [6, 6.07) is 0. The van der Waals surface area contributed by atoms with Gasteiger partial charge in [-0.3, -0.25) is 0 Å². The second-order valence-electron chi connectivity index (χ2n) is 6.30. The fourth-order valence-electron chi connectivity index (χ4n) is 1.71. The van der Waals surface area contributed by atoms with Crippen LogP contribution in [0.4, 0.5) is 0 Å². The Kier molecular flexibility index (Phi) is 9.26. The maximum Gasteiger partial charge on any atom is 0.216 e. The van der Waals surface area contributed by atoms with Crippen LogP contribution in [0.1, 0.15) is 45.0 Å². The fourth-order valence-corrected chi connectivity index (χ4v) is 2.69. The summed E-state index contributed by atoms with van der Waals surface area (Å²) in [5.41, 5.74) is 0.851. The number of aliphatic imine (C=N–C) groups is 1. The summed E-state index contributed by atoms with van der Waals surface area (Å²) >= 11 is 0.